The lowest BCUT2D eigenvalue weighted by Crippen LogP contribution is -2.38. The van der Waals surface area contributed by atoms with E-state index < -0.39 is 0 Å². The third-order valence-corrected chi connectivity index (χ3v) is 3.56. The van der Waals surface area contributed by atoms with E-state index in [4.69, 9.17) is 10.5 Å². The molecule has 4 heteroatoms. The summed E-state index contributed by atoms with van der Waals surface area (Å²) in [5.41, 5.74) is 9.12. The van der Waals surface area contributed by atoms with E-state index in [1.807, 2.05) is 19.1 Å². The summed E-state index contributed by atoms with van der Waals surface area (Å²) < 4.78 is 5.02. The fourth-order valence-corrected chi connectivity index (χ4v) is 2.68. The first-order chi connectivity index (χ1) is 9.11. The number of ether oxygens (including phenoxy) is 1. The van der Waals surface area contributed by atoms with Crippen molar-refractivity contribution in [1.82, 2.24) is 0 Å². The van der Waals surface area contributed by atoms with E-state index in [1.54, 1.807) is 0 Å². The van der Waals surface area contributed by atoms with Crippen LogP contribution in [0.5, 0.6) is 0 Å². The van der Waals surface area contributed by atoms with Crippen molar-refractivity contribution >= 4 is 17.3 Å². The molecule has 19 heavy (non-hydrogen) atoms. The van der Waals surface area contributed by atoms with Crippen molar-refractivity contribution < 1.29 is 9.53 Å². The van der Waals surface area contributed by atoms with Crippen LogP contribution in [0.3, 0.4) is 0 Å². The number of nitrogens with two attached hydrogens (primary N) is 1. The third kappa shape index (κ3) is 3.19. The van der Waals surface area contributed by atoms with Gasteiger partial charge in [0, 0.05) is 24.0 Å². The predicted octanol–water partition coefficient (Wildman–Crippen LogP) is 2.36. The maximum Gasteiger partial charge on any atom is 0.307 e. The van der Waals surface area contributed by atoms with Gasteiger partial charge in [0.25, 0.3) is 0 Å². The van der Waals surface area contributed by atoms with Crippen molar-refractivity contribution in [2.75, 3.05) is 23.8 Å². The summed E-state index contributed by atoms with van der Waals surface area (Å²) >= 11 is 0. The topological polar surface area (TPSA) is 55.6 Å². The maximum atomic E-state index is 11.6. The summed E-state index contributed by atoms with van der Waals surface area (Å²) in [6.07, 6.45) is 2.59. The van der Waals surface area contributed by atoms with Crippen molar-refractivity contribution in [1.29, 1.82) is 0 Å². The molecular formula is C15H22N2O2. The van der Waals surface area contributed by atoms with Gasteiger partial charge in [-0.15, -0.1) is 0 Å². The Bertz CT molecular complexity index is 459. The smallest absolute Gasteiger partial charge is 0.307 e. The Morgan fingerprint density at radius 1 is 1.53 bits per heavy atom. The van der Waals surface area contributed by atoms with E-state index in [0.29, 0.717) is 13.0 Å². The van der Waals surface area contributed by atoms with E-state index in [2.05, 4.69) is 17.9 Å². The van der Waals surface area contributed by atoms with Crippen LogP contribution in [-0.4, -0.2) is 25.2 Å². The average molecular weight is 262 g/mol. The maximum absolute atomic E-state index is 11.6. The fraction of sp³-hybridized carbons (Fsp3) is 0.533. The number of aryl methyl sites for hydroxylation is 1. The number of fused-ring (bicyclic) bond motifs is 1. The van der Waals surface area contributed by atoms with E-state index in [9.17, 15) is 4.79 Å². The lowest BCUT2D eigenvalue weighted by molar-refractivity contribution is -0.143. The second kappa shape index (κ2) is 5.95. The molecule has 1 atom stereocenters. The van der Waals surface area contributed by atoms with Gasteiger partial charge < -0.3 is 15.4 Å². The van der Waals surface area contributed by atoms with Crippen molar-refractivity contribution in [3.05, 3.63) is 23.8 Å². The van der Waals surface area contributed by atoms with Crippen LogP contribution in [-0.2, 0) is 16.0 Å². The monoisotopic (exact) mass is 262 g/mol. The SMILES string of the molecule is CCOC(=O)CC(C)N1CCCc2cc(N)ccc21. The van der Waals surface area contributed by atoms with Crippen molar-refractivity contribution in [3.8, 4) is 0 Å². The van der Waals surface area contributed by atoms with Crippen LogP contribution in [0.25, 0.3) is 0 Å². The van der Waals surface area contributed by atoms with Crippen LogP contribution in [0.1, 0.15) is 32.3 Å². The Morgan fingerprint density at radius 2 is 2.32 bits per heavy atom. The molecule has 0 radical (unpaired) electrons. The zero-order valence-corrected chi connectivity index (χ0v) is 11.7. The van der Waals surface area contributed by atoms with Crippen molar-refractivity contribution in [2.45, 2.75) is 39.2 Å². The Hall–Kier alpha value is -1.71. The van der Waals surface area contributed by atoms with Crippen LogP contribution >= 0.6 is 0 Å². The first-order valence-corrected chi connectivity index (χ1v) is 6.92. The minimum absolute atomic E-state index is 0.127. The minimum Gasteiger partial charge on any atom is -0.466 e. The van der Waals surface area contributed by atoms with Gasteiger partial charge in [-0.2, -0.15) is 0 Å². The summed E-state index contributed by atoms with van der Waals surface area (Å²) in [5.74, 6) is -0.127. The van der Waals surface area contributed by atoms with Crippen LogP contribution in [0.15, 0.2) is 18.2 Å². The molecule has 104 valence electrons. The molecule has 4 nitrogen and oxygen atoms in total. The summed E-state index contributed by atoms with van der Waals surface area (Å²) in [6.45, 7) is 5.33. The summed E-state index contributed by atoms with van der Waals surface area (Å²) in [7, 11) is 0. The van der Waals surface area contributed by atoms with Crippen LogP contribution in [0.4, 0.5) is 11.4 Å². The lowest BCUT2D eigenvalue weighted by Gasteiger charge is -2.36. The highest BCUT2D eigenvalue weighted by molar-refractivity contribution is 5.71. The predicted molar refractivity (Wildman–Crippen MR) is 77.2 cm³/mol. The molecule has 0 aliphatic carbocycles. The molecule has 2 rings (SSSR count). The molecule has 1 unspecified atom stereocenters. The lowest BCUT2D eigenvalue weighted by atomic mass is 9.99. The number of carbonyl (C=O) groups is 1. The summed E-state index contributed by atoms with van der Waals surface area (Å²) in [6, 6.07) is 6.18. The average Bonchev–Trinajstić information content (AvgIpc) is 2.37. The van der Waals surface area contributed by atoms with Crippen molar-refractivity contribution in [3.63, 3.8) is 0 Å². The molecule has 0 saturated carbocycles. The Balaban J connectivity index is 2.12. The fourth-order valence-electron chi connectivity index (χ4n) is 2.68. The van der Waals surface area contributed by atoms with Gasteiger partial charge in [0.05, 0.1) is 13.0 Å². The zero-order chi connectivity index (χ0) is 13.8. The van der Waals surface area contributed by atoms with Gasteiger partial charge in [0.2, 0.25) is 0 Å². The molecule has 0 fully saturated rings. The highest BCUT2D eigenvalue weighted by atomic mass is 16.5. The van der Waals surface area contributed by atoms with Gasteiger partial charge in [-0.25, -0.2) is 0 Å². The first kappa shape index (κ1) is 13.7. The van der Waals surface area contributed by atoms with E-state index in [-0.39, 0.29) is 12.0 Å². The van der Waals surface area contributed by atoms with E-state index in [0.717, 1.165) is 25.1 Å². The molecular weight excluding hydrogens is 240 g/mol. The van der Waals surface area contributed by atoms with Gasteiger partial charge in [-0.1, -0.05) is 0 Å². The largest absolute Gasteiger partial charge is 0.466 e. The van der Waals surface area contributed by atoms with E-state index in [1.165, 1.54) is 11.3 Å². The number of hydrogen-bond donors (Lipinski definition) is 1. The quantitative estimate of drug-likeness (QED) is 0.668. The molecule has 1 aliphatic rings. The third-order valence-electron chi connectivity index (χ3n) is 3.56. The van der Waals surface area contributed by atoms with Gasteiger partial charge in [0.15, 0.2) is 0 Å². The standard InChI is InChI=1S/C15H22N2O2/c1-3-19-15(18)9-11(2)17-8-4-5-12-10-13(16)6-7-14(12)17/h6-7,10-11H,3-5,8-9,16H2,1-2H3. The van der Waals surface area contributed by atoms with Crippen LogP contribution in [0.2, 0.25) is 0 Å². The summed E-state index contributed by atoms with van der Waals surface area (Å²) in [4.78, 5) is 13.9. The second-order valence-corrected chi connectivity index (χ2v) is 5.04. The zero-order valence-electron chi connectivity index (χ0n) is 11.7. The molecule has 0 spiro atoms. The number of anilines is 2. The highest BCUT2D eigenvalue weighted by Gasteiger charge is 2.23. The Morgan fingerprint density at radius 3 is 3.05 bits per heavy atom. The normalized spacial score (nSPS) is 15.8. The number of rotatable bonds is 4. The molecule has 1 aliphatic heterocycles. The molecule has 0 bridgehead atoms. The van der Waals surface area contributed by atoms with Crippen LogP contribution in [0, 0.1) is 0 Å². The number of nitrogen functional groups attached to an aromatic ring is 1. The van der Waals surface area contributed by atoms with Gasteiger partial charge in [-0.3, -0.25) is 4.79 Å². The van der Waals surface area contributed by atoms with Gasteiger partial charge >= 0.3 is 5.97 Å². The first-order valence-electron chi connectivity index (χ1n) is 6.92. The van der Waals surface area contributed by atoms with Crippen LogP contribution < -0.4 is 10.6 Å². The molecule has 2 N–H and O–H groups in total. The number of hydrogen-bond acceptors (Lipinski definition) is 4. The molecule has 0 aromatic heterocycles. The van der Waals surface area contributed by atoms with E-state index >= 15 is 0 Å². The molecule has 0 amide bonds. The van der Waals surface area contributed by atoms with Gasteiger partial charge in [-0.05, 0) is 50.5 Å². The Labute approximate surface area is 114 Å². The molecule has 1 aromatic rings. The number of carbonyl (C=O) groups excluding carboxylic acids is 1. The minimum atomic E-state index is -0.127. The summed E-state index contributed by atoms with van der Waals surface area (Å²) in [5, 5.41) is 0. The molecule has 1 heterocycles. The molecule has 1 aromatic carbocycles. The van der Waals surface area contributed by atoms with Gasteiger partial charge in [0.1, 0.15) is 0 Å². The van der Waals surface area contributed by atoms with Crippen molar-refractivity contribution in [2.24, 2.45) is 0 Å². The number of nitrogens with zero attached hydrogens (tertiary/aromatic N) is 1. The number of benzene rings is 1. The highest BCUT2D eigenvalue weighted by Crippen LogP contribution is 2.30. The number of esters is 1. The Kier molecular flexibility index (Phi) is 4.30. The second-order valence-electron chi connectivity index (χ2n) is 5.04. The molecule has 0 saturated heterocycles.